The minimum absolute atomic E-state index is 0.597. The van der Waals surface area contributed by atoms with E-state index in [1.807, 2.05) is 35.7 Å². The van der Waals surface area contributed by atoms with Crippen LogP contribution in [0.15, 0.2) is 29.2 Å². The molecule has 0 aromatic heterocycles. The van der Waals surface area contributed by atoms with E-state index >= 15 is 0 Å². The third kappa shape index (κ3) is 3.06. The summed E-state index contributed by atoms with van der Waals surface area (Å²) in [6.45, 7) is 1.14. The van der Waals surface area contributed by atoms with E-state index in [0.29, 0.717) is 5.37 Å². The van der Waals surface area contributed by atoms with Gasteiger partial charge in [-0.25, -0.2) is 0 Å². The van der Waals surface area contributed by atoms with Crippen molar-refractivity contribution in [2.45, 2.75) is 10.3 Å². The van der Waals surface area contributed by atoms with Crippen LogP contribution in [-0.4, -0.2) is 30.5 Å². The quantitative estimate of drug-likeness (QED) is 0.817. The molecule has 0 radical (unpaired) electrons. The number of hydrogen-bond donors (Lipinski definition) is 1. The molecule has 1 N–H and O–H groups in total. The minimum atomic E-state index is 0.597. The lowest BCUT2D eigenvalue weighted by molar-refractivity contribution is 0.405. The van der Waals surface area contributed by atoms with E-state index in [1.165, 1.54) is 10.6 Å². The number of hydrogen-bond acceptors (Lipinski definition) is 4. The highest BCUT2D eigenvalue weighted by atomic mass is 32.2. The molecule has 82 valence electrons. The van der Waals surface area contributed by atoms with Gasteiger partial charge in [0.15, 0.2) is 0 Å². The Bertz CT molecular complexity index is 313. The Labute approximate surface area is 99.2 Å². The van der Waals surface area contributed by atoms with Gasteiger partial charge in [0, 0.05) is 22.9 Å². The zero-order valence-corrected chi connectivity index (χ0v) is 10.4. The molecule has 0 aliphatic carbocycles. The average molecular weight is 241 g/mol. The molecule has 1 aliphatic rings. The molecule has 0 amide bonds. The van der Waals surface area contributed by atoms with Crippen molar-refractivity contribution in [1.82, 2.24) is 5.32 Å². The maximum Gasteiger partial charge on any atom is 0.132 e. The molecular formula is C11H15NOS2. The van der Waals surface area contributed by atoms with Crippen LogP contribution in [-0.2, 0) is 0 Å². The summed E-state index contributed by atoms with van der Waals surface area (Å²) in [6.07, 6.45) is 0. The molecule has 1 aromatic carbocycles. The average Bonchev–Trinajstić information content (AvgIpc) is 2.79. The molecule has 1 aliphatic heterocycles. The largest absolute Gasteiger partial charge is 0.496 e. The van der Waals surface area contributed by atoms with Crippen LogP contribution in [0.3, 0.4) is 0 Å². The predicted molar refractivity (Wildman–Crippen MR) is 68.0 cm³/mol. The van der Waals surface area contributed by atoms with Gasteiger partial charge in [-0.3, -0.25) is 0 Å². The molecule has 1 saturated heterocycles. The first-order chi connectivity index (χ1) is 7.40. The van der Waals surface area contributed by atoms with Crippen molar-refractivity contribution in [2.24, 2.45) is 0 Å². The highest BCUT2D eigenvalue weighted by Crippen LogP contribution is 2.31. The van der Waals surface area contributed by atoms with Crippen molar-refractivity contribution in [3.05, 3.63) is 24.3 Å². The van der Waals surface area contributed by atoms with Crippen LogP contribution in [0.5, 0.6) is 5.75 Å². The van der Waals surface area contributed by atoms with Gasteiger partial charge < -0.3 is 10.1 Å². The fraction of sp³-hybridized carbons (Fsp3) is 0.455. The van der Waals surface area contributed by atoms with Crippen molar-refractivity contribution in [1.29, 1.82) is 0 Å². The van der Waals surface area contributed by atoms with Gasteiger partial charge in [0.25, 0.3) is 0 Å². The SMILES string of the molecule is COc1ccccc1SC[C@@H]1NCCS1. The van der Waals surface area contributed by atoms with Crippen molar-refractivity contribution in [3.63, 3.8) is 0 Å². The Kier molecular flexibility index (Phi) is 4.23. The van der Waals surface area contributed by atoms with Gasteiger partial charge in [0.05, 0.1) is 12.5 Å². The number of methoxy groups -OCH3 is 1. The van der Waals surface area contributed by atoms with Crippen LogP contribution in [0.4, 0.5) is 0 Å². The van der Waals surface area contributed by atoms with Gasteiger partial charge in [0.2, 0.25) is 0 Å². The number of ether oxygens (including phenoxy) is 1. The van der Waals surface area contributed by atoms with E-state index < -0.39 is 0 Å². The molecule has 2 nitrogen and oxygen atoms in total. The Hall–Kier alpha value is -0.320. The van der Waals surface area contributed by atoms with Gasteiger partial charge in [-0.2, -0.15) is 0 Å². The van der Waals surface area contributed by atoms with Crippen LogP contribution in [0, 0.1) is 0 Å². The topological polar surface area (TPSA) is 21.3 Å². The number of para-hydroxylation sites is 1. The smallest absolute Gasteiger partial charge is 0.132 e. The summed E-state index contributed by atoms with van der Waals surface area (Å²) in [4.78, 5) is 1.23. The molecule has 0 spiro atoms. The molecule has 0 bridgehead atoms. The summed E-state index contributed by atoms with van der Waals surface area (Å²) in [7, 11) is 1.72. The zero-order valence-electron chi connectivity index (χ0n) is 8.73. The third-order valence-electron chi connectivity index (χ3n) is 2.25. The minimum Gasteiger partial charge on any atom is -0.496 e. The van der Waals surface area contributed by atoms with Gasteiger partial charge in [-0.1, -0.05) is 12.1 Å². The Morgan fingerprint density at radius 3 is 3.13 bits per heavy atom. The van der Waals surface area contributed by atoms with Crippen LogP contribution >= 0.6 is 23.5 Å². The van der Waals surface area contributed by atoms with E-state index in [1.54, 1.807) is 7.11 Å². The number of benzene rings is 1. The number of nitrogens with one attached hydrogen (secondary N) is 1. The summed E-state index contributed by atoms with van der Waals surface area (Å²) in [5.74, 6) is 3.31. The molecule has 1 atom stereocenters. The second-order valence-corrected chi connectivity index (χ2v) is 5.65. The number of rotatable bonds is 4. The van der Waals surface area contributed by atoms with Gasteiger partial charge in [-0.15, -0.1) is 23.5 Å². The highest BCUT2D eigenvalue weighted by molar-refractivity contribution is 8.03. The second-order valence-electron chi connectivity index (χ2n) is 3.28. The van der Waals surface area contributed by atoms with E-state index in [9.17, 15) is 0 Å². The molecule has 1 fully saturated rings. The normalized spacial score (nSPS) is 20.5. The molecule has 0 saturated carbocycles. The molecule has 4 heteroatoms. The Morgan fingerprint density at radius 1 is 1.53 bits per heavy atom. The summed E-state index contributed by atoms with van der Waals surface area (Å²) in [6, 6.07) is 8.19. The zero-order chi connectivity index (χ0) is 10.5. The monoisotopic (exact) mass is 241 g/mol. The third-order valence-corrected chi connectivity index (χ3v) is 4.79. The van der Waals surface area contributed by atoms with Crippen molar-refractivity contribution < 1.29 is 4.74 Å². The lowest BCUT2D eigenvalue weighted by Gasteiger charge is -2.11. The maximum absolute atomic E-state index is 5.31. The van der Waals surface area contributed by atoms with Crippen molar-refractivity contribution >= 4 is 23.5 Å². The molecular weight excluding hydrogens is 226 g/mol. The van der Waals surface area contributed by atoms with Gasteiger partial charge >= 0.3 is 0 Å². The lowest BCUT2D eigenvalue weighted by Crippen LogP contribution is -2.21. The van der Waals surface area contributed by atoms with E-state index in [2.05, 4.69) is 17.4 Å². The molecule has 1 aromatic rings. The van der Waals surface area contributed by atoms with Crippen LogP contribution in [0.2, 0.25) is 0 Å². The van der Waals surface area contributed by atoms with E-state index in [0.717, 1.165) is 18.0 Å². The lowest BCUT2D eigenvalue weighted by atomic mass is 10.3. The summed E-state index contributed by atoms with van der Waals surface area (Å²) in [5, 5.41) is 4.06. The summed E-state index contributed by atoms with van der Waals surface area (Å²) < 4.78 is 5.31. The molecule has 15 heavy (non-hydrogen) atoms. The summed E-state index contributed by atoms with van der Waals surface area (Å²) >= 11 is 3.86. The molecule has 0 unspecified atom stereocenters. The Balaban J connectivity index is 1.91. The van der Waals surface area contributed by atoms with Crippen LogP contribution < -0.4 is 10.1 Å². The maximum atomic E-state index is 5.31. The first kappa shape index (κ1) is 11.2. The Morgan fingerprint density at radius 2 is 2.40 bits per heavy atom. The van der Waals surface area contributed by atoms with Gasteiger partial charge in [0.1, 0.15) is 5.75 Å². The first-order valence-corrected chi connectivity index (χ1v) is 7.04. The van der Waals surface area contributed by atoms with E-state index in [-0.39, 0.29) is 0 Å². The van der Waals surface area contributed by atoms with Crippen LogP contribution in [0.25, 0.3) is 0 Å². The second kappa shape index (κ2) is 5.68. The van der Waals surface area contributed by atoms with Crippen LogP contribution in [0.1, 0.15) is 0 Å². The fourth-order valence-electron chi connectivity index (χ4n) is 1.49. The van der Waals surface area contributed by atoms with Gasteiger partial charge in [-0.05, 0) is 12.1 Å². The summed E-state index contributed by atoms with van der Waals surface area (Å²) in [5.41, 5.74) is 0. The van der Waals surface area contributed by atoms with Crippen molar-refractivity contribution in [3.8, 4) is 5.75 Å². The molecule has 1 heterocycles. The first-order valence-electron chi connectivity index (χ1n) is 5.01. The van der Waals surface area contributed by atoms with Crippen molar-refractivity contribution in [2.75, 3.05) is 25.2 Å². The number of thioether (sulfide) groups is 2. The highest BCUT2D eigenvalue weighted by Gasteiger charge is 2.15. The predicted octanol–water partition coefficient (Wildman–Crippen LogP) is 2.45. The van der Waals surface area contributed by atoms with E-state index in [4.69, 9.17) is 4.74 Å². The standard InChI is InChI=1S/C11H15NOS2/c1-13-9-4-2-3-5-10(9)15-8-11-12-6-7-14-11/h2-5,11-12H,6-8H2,1H3/t11-/m1/s1. The fourth-order valence-corrected chi connectivity index (χ4v) is 3.75. The molecule has 2 rings (SSSR count).